The van der Waals surface area contributed by atoms with E-state index in [1.807, 2.05) is 0 Å². The molecule has 9 nitrogen and oxygen atoms in total. The second-order valence-electron chi connectivity index (χ2n) is 6.95. The number of primary amides is 1. The summed E-state index contributed by atoms with van der Waals surface area (Å²) in [4.78, 5) is 36.8. The van der Waals surface area contributed by atoms with Gasteiger partial charge in [0.05, 0.1) is 12.1 Å². The second-order valence-corrected chi connectivity index (χ2v) is 7.80. The van der Waals surface area contributed by atoms with Crippen molar-refractivity contribution in [3.8, 4) is 17.2 Å². The Hall–Kier alpha value is -3.30. The third-order valence-corrected chi connectivity index (χ3v) is 4.80. The fourth-order valence-electron chi connectivity index (χ4n) is 2.61. The molecule has 1 unspecified atom stereocenters. The molecule has 190 valence electrons. The van der Waals surface area contributed by atoms with Crippen molar-refractivity contribution in [2.75, 3.05) is 7.11 Å². The Morgan fingerprint density at radius 3 is 2.40 bits per heavy atom. The zero-order chi connectivity index (χ0) is 26.5. The van der Waals surface area contributed by atoms with E-state index in [2.05, 4.69) is 11.6 Å². The zero-order valence-corrected chi connectivity index (χ0v) is 21.4. The number of aromatic nitrogens is 1. The van der Waals surface area contributed by atoms with Gasteiger partial charge < -0.3 is 24.7 Å². The van der Waals surface area contributed by atoms with Crippen molar-refractivity contribution >= 4 is 41.0 Å². The van der Waals surface area contributed by atoms with Crippen LogP contribution in [0.1, 0.15) is 44.1 Å². The third kappa shape index (κ3) is 9.84. The van der Waals surface area contributed by atoms with Crippen molar-refractivity contribution in [1.82, 2.24) is 4.98 Å². The Kier molecular flexibility index (Phi) is 12.6. The summed E-state index contributed by atoms with van der Waals surface area (Å²) in [7, 11) is 1.38. The molecule has 1 aromatic carbocycles. The number of carbonyl (C=O) groups is 3. The number of carbonyl (C=O) groups excluding carboxylic acids is 3. The number of hydrogen-bond acceptors (Lipinski definition) is 8. The van der Waals surface area contributed by atoms with Crippen LogP contribution in [0.5, 0.6) is 17.2 Å². The van der Waals surface area contributed by atoms with E-state index in [9.17, 15) is 14.4 Å². The number of nitrogens with two attached hydrogens (primary N) is 1. The van der Waals surface area contributed by atoms with Crippen LogP contribution in [0.4, 0.5) is 0 Å². The number of ether oxygens (including phenoxy) is 4. The van der Waals surface area contributed by atoms with Crippen LogP contribution in [0.3, 0.4) is 0 Å². The van der Waals surface area contributed by atoms with Crippen molar-refractivity contribution in [2.45, 2.75) is 45.8 Å². The van der Waals surface area contributed by atoms with Gasteiger partial charge in [0.15, 0.2) is 11.4 Å². The highest BCUT2D eigenvalue weighted by Crippen LogP contribution is 2.30. The number of methoxy groups -OCH3 is 1. The molecule has 0 spiro atoms. The van der Waals surface area contributed by atoms with Gasteiger partial charge in [-0.3, -0.25) is 14.4 Å². The van der Waals surface area contributed by atoms with E-state index in [-0.39, 0.29) is 29.3 Å². The SMILES string of the molecule is C=CC[C@@H](Oc1ccc(Cl)cc1Cl)C(C)OC(=O)CC.COc1ccnc(C(N)=O)c1OC(C)=O. The average Bonchev–Trinajstić information content (AvgIpc) is 2.80. The minimum atomic E-state index is -0.787. The van der Waals surface area contributed by atoms with E-state index in [4.69, 9.17) is 47.9 Å². The first-order chi connectivity index (χ1) is 16.5. The van der Waals surface area contributed by atoms with Crippen molar-refractivity contribution in [2.24, 2.45) is 5.73 Å². The Morgan fingerprint density at radius 1 is 1.20 bits per heavy atom. The molecular formula is C24H28Cl2N2O7. The Morgan fingerprint density at radius 2 is 1.89 bits per heavy atom. The van der Waals surface area contributed by atoms with E-state index in [0.717, 1.165) is 0 Å². The van der Waals surface area contributed by atoms with Crippen LogP contribution in [0, 0.1) is 0 Å². The molecule has 2 rings (SSSR count). The van der Waals surface area contributed by atoms with Gasteiger partial charge >= 0.3 is 11.9 Å². The molecule has 0 aliphatic carbocycles. The number of nitrogens with zero attached hydrogens (tertiary/aromatic N) is 1. The van der Waals surface area contributed by atoms with Crippen LogP contribution >= 0.6 is 23.2 Å². The molecule has 0 aliphatic rings. The van der Waals surface area contributed by atoms with E-state index in [0.29, 0.717) is 28.6 Å². The standard InChI is InChI=1S/C15H18Cl2O3.C9H10N2O4/c1-4-6-13(10(3)19-15(18)5-2)20-14-8-7-11(16)9-12(14)17;1-5(12)15-8-6(14-2)3-4-11-7(8)9(10)13/h4,7-10,13H,1,5-6H2,2-3H3;3-4H,1-2H3,(H2,10,13)/t10?,13-;/m1./s1. The van der Waals surface area contributed by atoms with E-state index in [1.54, 1.807) is 38.1 Å². The molecule has 0 radical (unpaired) electrons. The average molecular weight is 527 g/mol. The maximum atomic E-state index is 11.3. The molecule has 2 aromatic rings. The first-order valence-electron chi connectivity index (χ1n) is 10.5. The van der Waals surface area contributed by atoms with Crippen LogP contribution in [0.15, 0.2) is 43.1 Å². The molecule has 0 aliphatic heterocycles. The first-order valence-corrected chi connectivity index (χ1v) is 11.2. The van der Waals surface area contributed by atoms with E-state index < -0.39 is 18.0 Å². The lowest BCUT2D eigenvalue weighted by Gasteiger charge is -2.24. The molecule has 1 amide bonds. The molecule has 1 heterocycles. The fraction of sp³-hybridized carbons (Fsp3) is 0.333. The van der Waals surface area contributed by atoms with Crippen LogP contribution in [0.2, 0.25) is 10.0 Å². The maximum Gasteiger partial charge on any atom is 0.308 e. The minimum absolute atomic E-state index is 0.0556. The van der Waals surface area contributed by atoms with Crippen LogP contribution in [-0.2, 0) is 14.3 Å². The highest BCUT2D eigenvalue weighted by molar-refractivity contribution is 6.35. The topological polar surface area (TPSA) is 127 Å². The highest BCUT2D eigenvalue weighted by atomic mass is 35.5. The largest absolute Gasteiger partial charge is 0.493 e. The minimum Gasteiger partial charge on any atom is -0.493 e. The summed E-state index contributed by atoms with van der Waals surface area (Å²) in [6.45, 7) is 8.42. The Bertz CT molecular complexity index is 1050. The smallest absolute Gasteiger partial charge is 0.308 e. The summed E-state index contributed by atoms with van der Waals surface area (Å²) in [5, 5.41) is 0.952. The van der Waals surface area contributed by atoms with Crippen molar-refractivity contribution in [3.63, 3.8) is 0 Å². The fourth-order valence-corrected chi connectivity index (χ4v) is 3.06. The summed E-state index contributed by atoms with van der Waals surface area (Å²) in [5.41, 5.74) is 4.93. The normalized spacial score (nSPS) is 11.7. The summed E-state index contributed by atoms with van der Waals surface area (Å²) < 4.78 is 20.8. The predicted octanol–water partition coefficient (Wildman–Crippen LogP) is 4.77. The molecule has 1 aromatic heterocycles. The number of pyridine rings is 1. The second kappa shape index (κ2) is 14.9. The molecule has 2 N–H and O–H groups in total. The summed E-state index contributed by atoms with van der Waals surface area (Å²) >= 11 is 11.9. The summed E-state index contributed by atoms with van der Waals surface area (Å²) in [5.74, 6) is -0.956. The van der Waals surface area contributed by atoms with Gasteiger partial charge in [0.2, 0.25) is 5.75 Å². The molecule has 2 atom stereocenters. The quantitative estimate of drug-likeness (QED) is 0.346. The number of amides is 1. The molecule has 0 saturated carbocycles. The molecular weight excluding hydrogens is 499 g/mol. The van der Waals surface area contributed by atoms with Crippen LogP contribution < -0.4 is 19.9 Å². The van der Waals surface area contributed by atoms with Gasteiger partial charge in [-0.1, -0.05) is 36.2 Å². The zero-order valence-electron chi connectivity index (χ0n) is 19.9. The van der Waals surface area contributed by atoms with Crippen LogP contribution in [-0.4, -0.2) is 42.1 Å². The van der Waals surface area contributed by atoms with Crippen molar-refractivity contribution < 1.29 is 33.3 Å². The van der Waals surface area contributed by atoms with Crippen molar-refractivity contribution in [1.29, 1.82) is 0 Å². The molecule has 0 fully saturated rings. The van der Waals surface area contributed by atoms with E-state index in [1.165, 1.54) is 26.3 Å². The van der Waals surface area contributed by atoms with Gasteiger partial charge in [0, 0.05) is 37.1 Å². The number of halogens is 2. The number of hydrogen-bond donors (Lipinski definition) is 1. The van der Waals surface area contributed by atoms with E-state index >= 15 is 0 Å². The lowest BCUT2D eigenvalue weighted by Crippen LogP contribution is -2.33. The van der Waals surface area contributed by atoms with Gasteiger partial charge in [-0.25, -0.2) is 4.98 Å². The number of rotatable bonds is 10. The lowest BCUT2D eigenvalue weighted by atomic mass is 10.1. The lowest BCUT2D eigenvalue weighted by molar-refractivity contribution is -0.152. The predicted molar refractivity (Wildman–Crippen MR) is 132 cm³/mol. The molecule has 0 saturated heterocycles. The van der Waals surface area contributed by atoms with Gasteiger partial charge in [-0.15, -0.1) is 6.58 Å². The monoisotopic (exact) mass is 526 g/mol. The maximum absolute atomic E-state index is 11.3. The summed E-state index contributed by atoms with van der Waals surface area (Å²) in [6, 6.07) is 6.45. The molecule has 11 heteroatoms. The van der Waals surface area contributed by atoms with Crippen LogP contribution in [0.25, 0.3) is 0 Å². The molecule has 35 heavy (non-hydrogen) atoms. The Labute approximate surface area is 214 Å². The van der Waals surface area contributed by atoms with Gasteiger partial charge in [0.25, 0.3) is 5.91 Å². The highest BCUT2D eigenvalue weighted by Gasteiger charge is 2.22. The van der Waals surface area contributed by atoms with Gasteiger partial charge in [-0.2, -0.15) is 0 Å². The van der Waals surface area contributed by atoms with Gasteiger partial charge in [-0.05, 0) is 25.1 Å². The first kappa shape index (κ1) is 29.7. The number of benzene rings is 1. The third-order valence-electron chi connectivity index (χ3n) is 4.27. The van der Waals surface area contributed by atoms with Gasteiger partial charge in [0.1, 0.15) is 18.0 Å². The van der Waals surface area contributed by atoms with Crippen molar-refractivity contribution in [3.05, 3.63) is 58.9 Å². The molecule has 0 bridgehead atoms. The summed E-state index contributed by atoms with van der Waals surface area (Å²) in [6.07, 6.45) is 3.18. The number of esters is 2. The Balaban J connectivity index is 0.000000365.